The van der Waals surface area contributed by atoms with Crippen LogP contribution in [0.2, 0.25) is 0 Å². The molecule has 112 valence electrons. The minimum absolute atomic E-state index is 0.0781. The second kappa shape index (κ2) is 6.60. The maximum absolute atomic E-state index is 12.3. The van der Waals surface area contributed by atoms with E-state index in [1.807, 2.05) is 37.3 Å². The summed E-state index contributed by atoms with van der Waals surface area (Å²) in [5.41, 5.74) is 7.07. The fourth-order valence-corrected chi connectivity index (χ4v) is 3.75. The van der Waals surface area contributed by atoms with Crippen molar-refractivity contribution in [2.45, 2.75) is 17.7 Å². The van der Waals surface area contributed by atoms with Gasteiger partial charge in [-0.1, -0.05) is 53.2 Å². The number of sulfonamides is 1. The molecule has 0 aliphatic heterocycles. The smallest absolute Gasteiger partial charge is 0.242 e. The number of hydrogen-bond donors (Lipinski definition) is 2. The van der Waals surface area contributed by atoms with Gasteiger partial charge in [0.05, 0.1) is 5.69 Å². The van der Waals surface area contributed by atoms with Crippen LogP contribution in [0.3, 0.4) is 0 Å². The highest BCUT2D eigenvalue weighted by Gasteiger charge is 2.19. The Bertz CT molecular complexity index is 718. The molecule has 0 saturated heterocycles. The van der Waals surface area contributed by atoms with Crippen molar-refractivity contribution in [3.8, 4) is 0 Å². The van der Waals surface area contributed by atoms with Gasteiger partial charge in [0.1, 0.15) is 4.90 Å². The Balaban J connectivity index is 2.13. The molecule has 4 nitrogen and oxygen atoms in total. The van der Waals surface area contributed by atoms with Crippen molar-refractivity contribution in [2.24, 2.45) is 0 Å². The highest BCUT2D eigenvalue weighted by Crippen LogP contribution is 2.23. The molecule has 3 N–H and O–H groups in total. The number of nitrogens with two attached hydrogens (primary N) is 1. The molecule has 2 aromatic rings. The number of rotatable bonds is 5. The van der Waals surface area contributed by atoms with Gasteiger partial charge in [0.25, 0.3) is 0 Å². The van der Waals surface area contributed by atoms with E-state index < -0.39 is 10.0 Å². The standard InChI is InChI=1S/C15H17BrN2O2S/c1-11(12-5-3-2-4-6-12)10-18-21(19,20)15-9-13(16)7-8-14(15)17/h2-9,11,18H,10,17H2,1H3. The van der Waals surface area contributed by atoms with Crippen molar-refractivity contribution in [2.75, 3.05) is 12.3 Å². The first kappa shape index (κ1) is 16.0. The van der Waals surface area contributed by atoms with Crippen LogP contribution in [0.4, 0.5) is 5.69 Å². The quantitative estimate of drug-likeness (QED) is 0.796. The zero-order valence-electron chi connectivity index (χ0n) is 11.6. The molecule has 0 bridgehead atoms. The van der Waals surface area contributed by atoms with Gasteiger partial charge < -0.3 is 5.73 Å². The van der Waals surface area contributed by atoms with Crippen LogP contribution >= 0.6 is 15.9 Å². The van der Waals surface area contributed by atoms with Crippen LogP contribution in [0.15, 0.2) is 57.9 Å². The van der Waals surface area contributed by atoms with Crippen LogP contribution in [0.1, 0.15) is 18.4 Å². The van der Waals surface area contributed by atoms with E-state index >= 15 is 0 Å². The number of anilines is 1. The minimum Gasteiger partial charge on any atom is -0.398 e. The molecular formula is C15H17BrN2O2S. The lowest BCUT2D eigenvalue weighted by molar-refractivity contribution is 0.575. The van der Waals surface area contributed by atoms with Crippen LogP contribution in [0.5, 0.6) is 0 Å². The summed E-state index contributed by atoms with van der Waals surface area (Å²) in [7, 11) is -3.62. The largest absolute Gasteiger partial charge is 0.398 e. The van der Waals surface area contributed by atoms with Gasteiger partial charge in [0.2, 0.25) is 10.0 Å². The SMILES string of the molecule is CC(CNS(=O)(=O)c1cc(Br)ccc1N)c1ccccc1. The Labute approximate surface area is 133 Å². The van der Waals surface area contributed by atoms with Crippen molar-refractivity contribution in [3.05, 3.63) is 58.6 Å². The van der Waals surface area contributed by atoms with Crippen molar-refractivity contribution in [1.29, 1.82) is 0 Å². The zero-order chi connectivity index (χ0) is 15.5. The summed E-state index contributed by atoms with van der Waals surface area (Å²) in [6.07, 6.45) is 0. The summed E-state index contributed by atoms with van der Waals surface area (Å²) in [5.74, 6) is 0.0781. The van der Waals surface area contributed by atoms with Gasteiger partial charge in [0, 0.05) is 11.0 Å². The molecule has 0 aromatic heterocycles. The van der Waals surface area contributed by atoms with E-state index in [1.54, 1.807) is 12.1 Å². The minimum atomic E-state index is -3.62. The van der Waals surface area contributed by atoms with Crippen LogP contribution in [-0.4, -0.2) is 15.0 Å². The summed E-state index contributed by atoms with van der Waals surface area (Å²) >= 11 is 3.26. The van der Waals surface area contributed by atoms with E-state index in [0.717, 1.165) is 5.56 Å². The molecule has 6 heteroatoms. The van der Waals surface area contributed by atoms with Gasteiger partial charge in [-0.15, -0.1) is 0 Å². The molecule has 0 saturated carbocycles. The normalized spacial score (nSPS) is 13.0. The molecule has 2 aromatic carbocycles. The zero-order valence-corrected chi connectivity index (χ0v) is 14.0. The van der Waals surface area contributed by atoms with E-state index in [4.69, 9.17) is 5.73 Å². The summed E-state index contributed by atoms with van der Waals surface area (Å²) < 4.78 is 27.9. The molecule has 0 amide bonds. The third kappa shape index (κ3) is 4.06. The Morgan fingerprint density at radius 1 is 1.19 bits per heavy atom. The number of benzene rings is 2. The highest BCUT2D eigenvalue weighted by molar-refractivity contribution is 9.10. The van der Waals surface area contributed by atoms with Gasteiger partial charge in [-0.25, -0.2) is 13.1 Å². The first-order chi connectivity index (χ1) is 9.90. The third-order valence-electron chi connectivity index (χ3n) is 3.21. The van der Waals surface area contributed by atoms with E-state index in [2.05, 4.69) is 20.7 Å². The van der Waals surface area contributed by atoms with E-state index in [1.165, 1.54) is 6.07 Å². The molecule has 0 aliphatic carbocycles. The van der Waals surface area contributed by atoms with Crippen molar-refractivity contribution < 1.29 is 8.42 Å². The van der Waals surface area contributed by atoms with Crippen LogP contribution in [0, 0.1) is 0 Å². The average Bonchev–Trinajstić information content (AvgIpc) is 2.48. The van der Waals surface area contributed by atoms with Crippen molar-refractivity contribution in [1.82, 2.24) is 4.72 Å². The number of hydrogen-bond acceptors (Lipinski definition) is 3. The maximum Gasteiger partial charge on any atom is 0.242 e. The molecule has 0 spiro atoms. The first-order valence-electron chi connectivity index (χ1n) is 6.50. The summed E-state index contributed by atoms with van der Waals surface area (Å²) in [6, 6.07) is 14.5. The topological polar surface area (TPSA) is 72.2 Å². The lowest BCUT2D eigenvalue weighted by Crippen LogP contribution is -2.28. The van der Waals surface area contributed by atoms with Gasteiger partial charge in [-0.3, -0.25) is 0 Å². The Kier molecular flexibility index (Phi) is 5.03. The molecule has 0 aliphatic rings. The lowest BCUT2D eigenvalue weighted by Gasteiger charge is -2.14. The molecule has 2 rings (SSSR count). The van der Waals surface area contributed by atoms with Gasteiger partial charge >= 0.3 is 0 Å². The van der Waals surface area contributed by atoms with Crippen LogP contribution in [-0.2, 0) is 10.0 Å². The fourth-order valence-electron chi connectivity index (χ4n) is 1.95. The molecule has 1 atom stereocenters. The second-order valence-electron chi connectivity index (χ2n) is 4.85. The molecule has 0 fully saturated rings. The van der Waals surface area contributed by atoms with Crippen LogP contribution in [0.25, 0.3) is 0 Å². The van der Waals surface area contributed by atoms with Gasteiger partial charge in [0.15, 0.2) is 0 Å². The number of nitrogens with one attached hydrogen (secondary N) is 1. The number of nitrogen functional groups attached to an aromatic ring is 1. The lowest BCUT2D eigenvalue weighted by atomic mass is 10.0. The fraction of sp³-hybridized carbons (Fsp3) is 0.200. The van der Waals surface area contributed by atoms with Crippen molar-refractivity contribution in [3.63, 3.8) is 0 Å². The summed E-state index contributed by atoms with van der Waals surface area (Å²) in [5, 5.41) is 0. The Morgan fingerprint density at radius 3 is 2.52 bits per heavy atom. The Morgan fingerprint density at radius 2 is 1.86 bits per heavy atom. The third-order valence-corrected chi connectivity index (χ3v) is 5.19. The molecule has 1 unspecified atom stereocenters. The van der Waals surface area contributed by atoms with E-state index in [0.29, 0.717) is 11.0 Å². The van der Waals surface area contributed by atoms with Crippen molar-refractivity contribution >= 4 is 31.6 Å². The number of halogens is 1. The second-order valence-corrected chi connectivity index (χ2v) is 7.50. The monoisotopic (exact) mass is 368 g/mol. The highest BCUT2D eigenvalue weighted by atomic mass is 79.9. The predicted octanol–water partition coefficient (Wildman–Crippen LogP) is 3.11. The summed E-state index contributed by atoms with van der Waals surface area (Å²) in [6.45, 7) is 2.29. The van der Waals surface area contributed by atoms with Crippen LogP contribution < -0.4 is 10.5 Å². The summed E-state index contributed by atoms with van der Waals surface area (Å²) in [4.78, 5) is 0.0946. The van der Waals surface area contributed by atoms with Gasteiger partial charge in [-0.05, 0) is 29.7 Å². The first-order valence-corrected chi connectivity index (χ1v) is 8.77. The Hall–Kier alpha value is -1.37. The molecular weight excluding hydrogens is 352 g/mol. The average molecular weight is 369 g/mol. The molecule has 0 heterocycles. The molecule has 0 radical (unpaired) electrons. The van der Waals surface area contributed by atoms with E-state index in [9.17, 15) is 8.42 Å². The van der Waals surface area contributed by atoms with E-state index in [-0.39, 0.29) is 16.5 Å². The predicted molar refractivity (Wildman–Crippen MR) is 88.6 cm³/mol. The molecule has 21 heavy (non-hydrogen) atoms. The maximum atomic E-state index is 12.3. The van der Waals surface area contributed by atoms with Gasteiger partial charge in [-0.2, -0.15) is 0 Å².